The van der Waals surface area contributed by atoms with Crippen molar-refractivity contribution in [1.29, 1.82) is 0 Å². The predicted octanol–water partition coefficient (Wildman–Crippen LogP) is 3.78. The van der Waals surface area contributed by atoms with Crippen LogP contribution in [0.4, 0.5) is 0 Å². The van der Waals surface area contributed by atoms with Crippen LogP contribution in [0, 0.1) is 0 Å². The normalized spacial score (nSPS) is 22.2. The summed E-state index contributed by atoms with van der Waals surface area (Å²) in [7, 11) is -3.39. The van der Waals surface area contributed by atoms with Crippen LogP contribution in [0.15, 0.2) is 12.1 Å². The summed E-state index contributed by atoms with van der Waals surface area (Å²) in [6.07, 6.45) is 6.73. The molecule has 0 saturated heterocycles. The van der Waals surface area contributed by atoms with Gasteiger partial charge in [0.15, 0.2) is 21.3 Å². The third-order valence-corrected chi connectivity index (χ3v) is 8.56. The van der Waals surface area contributed by atoms with Gasteiger partial charge in [0.2, 0.25) is 5.91 Å². The lowest BCUT2D eigenvalue weighted by Crippen LogP contribution is -2.50. The van der Waals surface area contributed by atoms with Gasteiger partial charge in [0.1, 0.15) is 19.0 Å². The van der Waals surface area contributed by atoms with E-state index in [2.05, 4.69) is 6.07 Å². The van der Waals surface area contributed by atoms with Crippen LogP contribution < -0.4 is 9.47 Å². The van der Waals surface area contributed by atoms with E-state index in [1.165, 1.54) is 5.56 Å². The lowest BCUT2D eigenvalue weighted by Gasteiger charge is -2.46. The van der Waals surface area contributed by atoms with E-state index in [1.54, 1.807) is 4.90 Å². The molecule has 3 aliphatic rings. The number of carbonyl (C=O) groups excluding carboxylic acids is 1. The van der Waals surface area contributed by atoms with Crippen LogP contribution in [-0.2, 0) is 20.0 Å². The second-order valence-corrected chi connectivity index (χ2v) is 11.3. The molecule has 0 bridgehead atoms. The minimum absolute atomic E-state index is 0.0925. The third-order valence-electron chi connectivity index (χ3n) is 6.96. The number of sulfone groups is 1. The van der Waals surface area contributed by atoms with Gasteiger partial charge < -0.3 is 14.4 Å². The minimum Gasteiger partial charge on any atom is -0.486 e. The molecule has 1 unspecified atom stereocenters. The van der Waals surface area contributed by atoms with Crippen molar-refractivity contribution in [2.45, 2.75) is 70.3 Å². The highest BCUT2D eigenvalue weighted by atomic mass is 32.2. The number of ether oxygens (including phenoxy) is 2. The highest BCUT2D eigenvalue weighted by Gasteiger charge is 2.46. The van der Waals surface area contributed by atoms with Crippen molar-refractivity contribution in [3.8, 4) is 11.5 Å². The fourth-order valence-corrected chi connectivity index (χ4v) is 6.65. The van der Waals surface area contributed by atoms with E-state index in [0.29, 0.717) is 26.2 Å². The number of fused-ring (bicyclic) bond motifs is 3. The Morgan fingerprint density at radius 1 is 1.13 bits per heavy atom. The molecule has 2 heterocycles. The average Bonchev–Trinajstić information content (AvgIpc) is 3.19. The highest BCUT2D eigenvalue weighted by molar-refractivity contribution is 7.92. The third kappa shape index (κ3) is 4.05. The Morgan fingerprint density at radius 3 is 2.47 bits per heavy atom. The van der Waals surface area contributed by atoms with E-state index in [1.807, 2.05) is 19.9 Å². The summed E-state index contributed by atoms with van der Waals surface area (Å²) >= 11 is 0. The van der Waals surface area contributed by atoms with E-state index in [-0.39, 0.29) is 23.1 Å². The first kappa shape index (κ1) is 21.5. The fourth-order valence-electron chi connectivity index (χ4n) is 5.32. The van der Waals surface area contributed by atoms with Gasteiger partial charge in [0.25, 0.3) is 0 Å². The summed E-state index contributed by atoms with van der Waals surface area (Å²) in [5.74, 6) is 0.940. The molecule has 1 aromatic rings. The van der Waals surface area contributed by atoms with Crippen LogP contribution in [0.3, 0.4) is 0 Å². The summed E-state index contributed by atoms with van der Waals surface area (Å²) in [5, 5.41) is 0. The molecule has 166 valence electrons. The Hall–Kier alpha value is -1.76. The summed E-state index contributed by atoms with van der Waals surface area (Å²) in [6, 6.07) is 3.96. The van der Waals surface area contributed by atoms with Gasteiger partial charge in [0, 0.05) is 12.0 Å². The van der Waals surface area contributed by atoms with Gasteiger partial charge in [-0.15, -0.1) is 0 Å². The van der Waals surface area contributed by atoms with Crippen molar-refractivity contribution < 1.29 is 22.7 Å². The zero-order chi connectivity index (χ0) is 21.4. The van der Waals surface area contributed by atoms with Crippen molar-refractivity contribution in [3.63, 3.8) is 0 Å². The van der Waals surface area contributed by atoms with E-state index in [4.69, 9.17) is 9.47 Å². The molecule has 30 heavy (non-hydrogen) atoms. The molecular formula is C23H33NO5S. The Kier molecular flexibility index (Phi) is 6.02. The SMILES string of the molecule is CCCCCS(=O)(=O)CC(=O)N1CC2(CCCC2)c2cc3c(cc2C1C)OCCO3. The van der Waals surface area contributed by atoms with E-state index in [9.17, 15) is 13.2 Å². The zero-order valence-corrected chi connectivity index (χ0v) is 18.9. The fraction of sp³-hybridized carbons (Fsp3) is 0.696. The van der Waals surface area contributed by atoms with Crippen molar-refractivity contribution in [2.24, 2.45) is 0 Å². The van der Waals surface area contributed by atoms with Gasteiger partial charge in [-0.2, -0.15) is 0 Å². The van der Waals surface area contributed by atoms with Crippen LogP contribution in [0.5, 0.6) is 11.5 Å². The average molecular weight is 436 g/mol. The van der Waals surface area contributed by atoms with E-state index < -0.39 is 15.6 Å². The molecule has 1 spiro atoms. The topological polar surface area (TPSA) is 72.9 Å². The van der Waals surface area contributed by atoms with Crippen LogP contribution >= 0.6 is 0 Å². The van der Waals surface area contributed by atoms with Crippen molar-refractivity contribution >= 4 is 15.7 Å². The molecule has 1 aromatic carbocycles. The van der Waals surface area contributed by atoms with Gasteiger partial charge in [-0.3, -0.25) is 4.79 Å². The first-order valence-corrected chi connectivity index (χ1v) is 13.1. The number of hydrogen-bond donors (Lipinski definition) is 0. The van der Waals surface area contributed by atoms with Gasteiger partial charge in [0.05, 0.1) is 11.8 Å². The molecule has 1 amide bonds. The standard InChI is InChI=1S/C23H33NO5S/c1-3-4-7-12-30(26,27)15-22(25)24-16-23(8-5-6-9-23)19-14-21-20(28-10-11-29-21)13-18(19)17(24)2/h13-14,17H,3-12,15-16H2,1-2H3. The Balaban J connectivity index is 1.63. The second kappa shape index (κ2) is 8.40. The van der Waals surface area contributed by atoms with Crippen LogP contribution in [-0.4, -0.2) is 50.5 Å². The van der Waals surface area contributed by atoms with Gasteiger partial charge in [-0.1, -0.05) is 32.6 Å². The van der Waals surface area contributed by atoms with Crippen molar-refractivity contribution in [2.75, 3.05) is 31.3 Å². The molecule has 1 atom stereocenters. The molecule has 1 fully saturated rings. The number of hydrogen-bond acceptors (Lipinski definition) is 5. The molecular weight excluding hydrogens is 402 g/mol. The smallest absolute Gasteiger partial charge is 0.238 e. The van der Waals surface area contributed by atoms with E-state index in [0.717, 1.165) is 55.6 Å². The lowest BCUT2D eigenvalue weighted by molar-refractivity contribution is -0.132. The summed E-state index contributed by atoms with van der Waals surface area (Å²) in [4.78, 5) is 15.0. The first-order valence-electron chi connectivity index (χ1n) is 11.3. The Morgan fingerprint density at radius 2 is 1.80 bits per heavy atom. The molecule has 1 saturated carbocycles. The summed E-state index contributed by atoms with van der Waals surface area (Å²) < 4.78 is 36.7. The first-order chi connectivity index (χ1) is 14.4. The number of carbonyl (C=O) groups is 1. The number of amides is 1. The zero-order valence-electron chi connectivity index (χ0n) is 18.1. The molecule has 0 N–H and O–H groups in total. The number of nitrogens with zero attached hydrogens (tertiary/aromatic N) is 1. The maximum Gasteiger partial charge on any atom is 0.238 e. The van der Waals surface area contributed by atoms with Crippen LogP contribution in [0.1, 0.15) is 76.0 Å². The quantitative estimate of drug-likeness (QED) is 0.636. The molecule has 6 nitrogen and oxygen atoms in total. The van der Waals surface area contributed by atoms with Gasteiger partial charge >= 0.3 is 0 Å². The molecule has 0 radical (unpaired) electrons. The van der Waals surface area contributed by atoms with Crippen LogP contribution in [0.25, 0.3) is 0 Å². The summed E-state index contributed by atoms with van der Waals surface area (Å²) in [6.45, 7) is 5.69. The highest BCUT2D eigenvalue weighted by Crippen LogP contribution is 2.51. The minimum atomic E-state index is -3.39. The molecule has 1 aliphatic carbocycles. The van der Waals surface area contributed by atoms with E-state index >= 15 is 0 Å². The maximum absolute atomic E-state index is 13.2. The number of unbranched alkanes of at least 4 members (excludes halogenated alkanes) is 2. The Labute approximate surface area is 179 Å². The molecule has 0 aromatic heterocycles. The number of benzene rings is 1. The number of rotatable bonds is 6. The van der Waals surface area contributed by atoms with Gasteiger partial charge in [-0.05, 0) is 49.4 Å². The second-order valence-electron chi connectivity index (χ2n) is 9.07. The maximum atomic E-state index is 13.2. The Bertz CT molecular complexity index is 904. The molecule has 2 aliphatic heterocycles. The molecule has 7 heteroatoms. The molecule has 4 rings (SSSR count). The van der Waals surface area contributed by atoms with Crippen molar-refractivity contribution in [3.05, 3.63) is 23.3 Å². The predicted molar refractivity (Wildman–Crippen MR) is 116 cm³/mol. The summed E-state index contributed by atoms with van der Waals surface area (Å²) in [5.41, 5.74) is 2.22. The largest absolute Gasteiger partial charge is 0.486 e. The van der Waals surface area contributed by atoms with Crippen LogP contribution in [0.2, 0.25) is 0 Å². The van der Waals surface area contributed by atoms with Gasteiger partial charge in [-0.25, -0.2) is 8.42 Å². The lowest BCUT2D eigenvalue weighted by atomic mass is 9.71. The monoisotopic (exact) mass is 435 g/mol. The van der Waals surface area contributed by atoms with Crippen molar-refractivity contribution in [1.82, 2.24) is 4.90 Å².